The average Bonchev–Trinajstić information content (AvgIpc) is 3.05. The Labute approximate surface area is 145 Å². The first kappa shape index (κ1) is 16.3. The smallest absolute Gasteiger partial charge is 0.269 e. The van der Waals surface area contributed by atoms with Crippen LogP contribution < -0.4 is 5.32 Å². The first-order chi connectivity index (χ1) is 11.6. The summed E-state index contributed by atoms with van der Waals surface area (Å²) < 4.78 is 0. The van der Waals surface area contributed by atoms with Gasteiger partial charge < -0.3 is 5.32 Å². The highest BCUT2D eigenvalue weighted by atomic mass is 35.5. The lowest BCUT2D eigenvalue weighted by atomic mass is 10.1. The van der Waals surface area contributed by atoms with E-state index in [1.165, 1.54) is 11.1 Å². The van der Waals surface area contributed by atoms with Gasteiger partial charge in [-0.3, -0.25) is 9.89 Å². The number of nitrogens with zero attached hydrogens (tertiary/aromatic N) is 1. The molecule has 1 heterocycles. The molecule has 0 bridgehead atoms. The van der Waals surface area contributed by atoms with Gasteiger partial charge in [0.05, 0.1) is 5.69 Å². The Morgan fingerprint density at radius 1 is 1.17 bits per heavy atom. The molecule has 2 N–H and O–H groups in total. The third-order valence-electron chi connectivity index (χ3n) is 3.74. The van der Waals surface area contributed by atoms with E-state index in [2.05, 4.69) is 40.6 Å². The minimum Gasteiger partial charge on any atom is -0.350 e. The van der Waals surface area contributed by atoms with E-state index in [-0.39, 0.29) is 5.91 Å². The van der Waals surface area contributed by atoms with Crippen molar-refractivity contribution in [1.29, 1.82) is 0 Å². The molecule has 3 aromatic rings. The fourth-order valence-corrected chi connectivity index (χ4v) is 2.62. The van der Waals surface area contributed by atoms with Gasteiger partial charge in [0.15, 0.2) is 0 Å². The zero-order chi connectivity index (χ0) is 16.9. The van der Waals surface area contributed by atoms with Crippen molar-refractivity contribution in [1.82, 2.24) is 15.5 Å². The number of amides is 1. The van der Waals surface area contributed by atoms with Gasteiger partial charge in [-0.05, 0) is 37.1 Å². The monoisotopic (exact) mass is 339 g/mol. The second-order valence-electron chi connectivity index (χ2n) is 5.67. The van der Waals surface area contributed by atoms with Gasteiger partial charge in [-0.25, -0.2) is 0 Å². The highest BCUT2D eigenvalue weighted by Gasteiger charge is 2.10. The standard InChI is InChI=1S/C19H18ClN3O/c1-13-3-2-4-14(11-13)9-10-21-19(24)18-12-17(22-23-18)15-5-7-16(20)8-6-15/h2-8,11-12H,9-10H2,1H3,(H,21,24)(H,22,23). The molecular formula is C19H18ClN3O. The van der Waals surface area contributed by atoms with E-state index in [1.54, 1.807) is 18.2 Å². The van der Waals surface area contributed by atoms with Crippen LogP contribution in [0.5, 0.6) is 0 Å². The van der Waals surface area contributed by atoms with Crippen LogP contribution in [0.15, 0.2) is 54.6 Å². The molecule has 0 aliphatic carbocycles. The van der Waals surface area contributed by atoms with E-state index >= 15 is 0 Å². The summed E-state index contributed by atoms with van der Waals surface area (Å²) in [6.07, 6.45) is 0.797. The predicted molar refractivity (Wildman–Crippen MR) is 96.2 cm³/mol. The maximum absolute atomic E-state index is 12.2. The Kier molecular flexibility index (Phi) is 4.96. The summed E-state index contributed by atoms with van der Waals surface area (Å²) in [5, 5.41) is 10.5. The second-order valence-corrected chi connectivity index (χ2v) is 6.11. The molecule has 1 amide bonds. The molecule has 0 aliphatic heterocycles. The van der Waals surface area contributed by atoms with Gasteiger partial charge in [0.1, 0.15) is 5.69 Å². The molecule has 24 heavy (non-hydrogen) atoms. The fraction of sp³-hybridized carbons (Fsp3) is 0.158. The molecule has 0 unspecified atom stereocenters. The van der Waals surface area contributed by atoms with Gasteiger partial charge in [-0.15, -0.1) is 0 Å². The Hall–Kier alpha value is -2.59. The minimum atomic E-state index is -0.157. The number of aryl methyl sites for hydroxylation is 1. The van der Waals surface area contributed by atoms with Crippen LogP contribution in [0.1, 0.15) is 21.6 Å². The second kappa shape index (κ2) is 7.32. The summed E-state index contributed by atoms with van der Waals surface area (Å²) in [5.41, 5.74) is 4.51. The molecule has 0 saturated heterocycles. The lowest BCUT2D eigenvalue weighted by Gasteiger charge is -2.04. The summed E-state index contributed by atoms with van der Waals surface area (Å²) in [7, 11) is 0. The van der Waals surface area contributed by atoms with Gasteiger partial charge in [0.2, 0.25) is 0 Å². The number of rotatable bonds is 5. The van der Waals surface area contributed by atoms with Gasteiger partial charge >= 0.3 is 0 Å². The van der Waals surface area contributed by atoms with Crippen molar-refractivity contribution in [3.8, 4) is 11.3 Å². The van der Waals surface area contributed by atoms with Crippen molar-refractivity contribution in [3.05, 3.63) is 76.4 Å². The molecule has 5 heteroatoms. The quantitative estimate of drug-likeness (QED) is 0.737. The van der Waals surface area contributed by atoms with Crippen molar-refractivity contribution in [2.75, 3.05) is 6.54 Å². The first-order valence-electron chi connectivity index (χ1n) is 7.77. The number of aromatic amines is 1. The van der Waals surface area contributed by atoms with E-state index in [0.717, 1.165) is 17.7 Å². The number of hydrogen-bond donors (Lipinski definition) is 2. The first-order valence-corrected chi connectivity index (χ1v) is 8.15. The normalized spacial score (nSPS) is 10.6. The van der Waals surface area contributed by atoms with Crippen LogP contribution in [0, 0.1) is 6.92 Å². The molecule has 1 aromatic heterocycles. The number of halogens is 1. The number of benzene rings is 2. The number of nitrogens with one attached hydrogen (secondary N) is 2. The summed E-state index contributed by atoms with van der Waals surface area (Å²) >= 11 is 5.88. The molecule has 0 atom stereocenters. The molecule has 0 saturated carbocycles. The molecule has 0 aliphatic rings. The van der Waals surface area contributed by atoms with E-state index in [1.807, 2.05) is 18.2 Å². The van der Waals surface area contributed by atoms with Crippen LogP contribution in [-0.2, 0) is 6.42 Å². The third-order valence-corrected chi connectivity index (χ3v) is 4.00. The molecule has 3 rings (SSSR count). The lowest BCUT2D eigenvalue weighted by Crippen LogP contribution is -2.26. The average molecular weight is 340 g/mol. The summed E-state index contributed by atoms with van der Waals surface area (Å²) in [5.74, 6) is -0.157. The fourth-order valence-electron chi connectivity index (χ4n) is 2.49. The van der Waals surface area contributed by atoms with Gasteiger partial charge in [0.25, 0.3) is 5.91 Å². The molecule has 0 spiro atoms. The Morgan fingerprint density at radius 3 is 2.71 bits per heavy atom. The molecule has 0 fully saturated rings. The van der Waals surface area contributed by atoms with Crippen LogP contribution in [-0.4, -0.2) is 22.6 Å². The Morgan fingerprint density at radius 2 is 1.96 bits per heavy atom. The third kappa shape index (κ3) is 4.03. The highest BCUT2D eigenvalue weighted by Crippen LogP contribution is 2.20. The van der Waals surface area contributed by atoms with E-state index in [4.69, 9.17) is 11.6 Å². The zero-order valence-corrected chi connectivity index (χ0v) is 14.1. The minimum absolute atomic E-state index is 0.157. The molecule has 0 radical (unpaired) electrons. The lowest BCUT2D eigenvalue weighted by molar-refractivity contribution is 0.0949. The van der Waals surface area contributed by atoms with Crippen LogP contribution in [0.25, 0.3) is 11.3 Å². The van der Waals surface area contributed by atoms with Crippen LogP contribution >= 0.6 is 11.6 Å². The van der Waals surface area contributed by atoms with Crippen molar-refractivity contribution in [2.45, 2.75) is 13.3 Å². The summed E-state index contributed by atoms with van der Waals surface area (Å²) in [6, 6.07) is 17.4. The van der Waals surface area contributed by atoms with Crippen LogP contribution in [0.3, 0.4) is 0 Å². The van der Waals surface area contributed by atoms with Crippen LogP contribution in [0.2, 0.25) is 5.02 Å². The van der Waals surface area contributed by atoms with Crippen molar-refractivity contribution < 1.29 is 4.79 Å². The van der Waals surface area contributed by atoms with Crippen molar-refractivity contribution >= 4 is 17.5 Å². The number of carbonyl (C=O) groups is 1. The Bertz CT molecular complexity index is 840. The summed E-state index contributed by atoms with van der Waals surface area (Å²) in [6.45, 7) is 2.64. The van der Waals surface area contributed by atoms with Gasteiger partial charge in [-0.1, -0.05) is 53.6 Å². The van der Waals surface area contributed by atoms with Crippen molar-refractivity contribution in [3.63, 3.8) is 0 Å². The van der Waals surface area contributed by atoms with E-state index in [0.29, 0.717) is 17.3 Å². The zero-order valence-electron chi connectivity index (χ0n) is 13.3. The number of H-pyrrole nitrogens is 1. The molecule has 4 nitrogen and oxygen atoms in total. The number of aromatic nitrogens is 2. The Balaban J connectivity index is 1.58. The van der Waals surface area contributed by atoms with E-state index < -0.39 is 0 Å². The van der Waals surface area contributed by atoms with E-state index in [9.17, 15) is 4.79 Å². The molecular weight excluding hydrogens is 322 g/mol. The van der Waals surface area contributed by atoms with Crippen molar-refractivity contribution in [2.24, 2.45) is 0 Å². The SMILES string of the molecule is Cc1cccc(CCNC(=O)c2cc(-c3ccc(Cl)cc3)n[nH]2)c1. The van der Waals surface area contributed by atoms with Gasteiger partial charge in [-0.2, -0.15) is 5.10 Å². The highest BCUT2D eigenvalue weighted by molar-refractivity contribution is 6.30. The molecule has 122 valence electrons. The maximum Gasteiger partial charge on any atom is 0.269 e. The molecule has 2 aromatic carbocycles. The number of carbonyl (C=O) groups excluding carboxylic acids is 1. The summed E-state index contributed by atoms with van der Waals surface area (Å²) in [4.78, 5) is 12.2. The largest absolute Gasteiger partial charge is 0.350 e. The number of hydrogen-bond acceptors (Lipinski definition) is 2. The van der Waals surface area contributed by atoms with Crippen LogP contribution in [0.4, 0.5) is 0 Å². The predicted octanol–water partition coefficient (Wildman–Crippen LogP) is 4.01. The maximum atomic E-state index is 12.2. The topological polar surface area (TPSA) is 57.8 Å². The van der Waals surface area contributed by atoms with Gasteiger partial charge in [0, 0.05) is 17.1 Å².